The van der Waals surface area contributed by atoms with Crippen LogP contribution in [-0.4, -0.2) is 62.0 Å². The number of hydrogen-bond acceptors (Lipinski definition) is 4. The summed E-state index contributed by atoms with van der Waals surface area (Å²) in [6.45, 7) is 6.13. The Kier molecular flexibility index (Phi) is 6.06. The van der Waals surface area contributed by atoms with Gasteiger partial charge < -0.3 is 19.3 Å². The first-order valence-electron chi connectivity index (χ1n) is 8.23. The van der Waals surface area contributed by atoms with Crippen LogP contribution in [0.4, 0.5) is 0 Å². The maximum Gasteiger partial charge on any atom is 0.227 e. The molecule has 1 aromatic carbocycles. The van der Waals surface area contributed by atoms with E-state index in [0.717, 1.165) is 5.56 Å². The van der Waals surface area contributed by atoms with Crippen molar-refractivity contribution in [1.82, 2.24) is 9.80 Å². The number of rotatable bonds is 5. The molecule has 1 fully saturated rings. The first-order valence-corrected chi connectivity index (χ1v) is 8.23. The maximum atomic E-state index is 12.6. The van der Waals surface area contributed by atoms with Crippen LogP contribution in [0.2, 0.25) is 0 Å². The molecular weight excluding hydrogens is 308 g/mol. The third-order valence-corrected chi connectivity index (χ3v) is 4.27. The standard InChI is InChI=1S/C18H26N2O4/c1-13(2)18(22)20-9-7-19(8-10-20)17(21)12-14-11-15(23-3)5-6-16(14)24-4/h5-6,11,13H,7-10,12H2,1-4H3. The highest BCUT2D eigenvalue weighted by molar-refractivity contribution is 5.81. The largest absolute Gasteiger partial charge is 0.497 e. The van der Waals surface area contributed by atoms with E-state index in [-0.39, 0.29) is 24.2 Å². The second kappa shape index (κ2) is 8.04. The summed E-state index contributed by atoms with van der Waals surface area (Å²) in [6, 6.07) is 5.44. The van der Waals surface area contributed by atoms with E-state index in [4.69, 9.17) is 9.47 Å². The molecule has 0 N–H and O–H groups in total. The van der Waals surface area contributed by atoms with E-state index in [1.807, 2.05) is 35.8 Å². The number of piperazine rings is 1. The Morgan fingerprint density at radius 2 is 1.67 bits per heavy atom. The van der Waals surface area contributed by atoms with Crippen molar-refractivity contribution in [3.05, 3.63) is 23.8 Å². The Bertz CT molecular complexity index is 593. The highest BCUT2D eigenvalue weighted by Crippen LogP contribution is 2.25. The highest BCUT2D eigenvalue weighted by atomic mass is 16.5. The van der Waals surface area contributed by atoms with Gasteiger partial charge in [0.25, 0.3) is 0 Å². The lowest BCUT2D eigenvalue weighted by Gasteiger charge is -2.35. The van der Waals surface area contributed by atoms with Gasteiger partial charge in [0.05, 0.1) is 20.6 Å². The van der Waals surface area contributed by atoms with Gasteiger partial charge in [-0.1, -0.05) is 13.8 Å². The molecule has 0 saturated carbocycles. The quantitative estimate of drug-likeness (QED) is 0.820. The van der Waals surface area contributed by atoms with E-state index in [9.17, 15) is 9.59 Å². The summed E-state index contributed by atoms with van der Waals surface area (Å²) in [7, 11) is 3.18. The summed E-state index contributed by atoms with van der Waals surface area (Å²) in [4.78, 5) is 28.2. The molecule has 1 saturated heterocycles. The molecule has 0 spiro atoms. The fourth-order valence-corrected chi connectivity index (χ4v) is 2.84. The predicted molar refractivity (Wildman–Crippen MR) is 91.2 cm³/mol. The summed E-state index contributed by atoms with van der Waals surface area (Å²) in [5.41, 5.74) is 0.808. The zero-order valence-electron chi connectivity index (χ0n) is 14.9. The second-order valence-electron chi connectivity index (χ2n) is 6.22. The van der Waals surface area contributed by atoms with Gasteiger partial charge in [-0.2, -0.15) is 0 Å². The van der Waals surface area contributed by atoms with E-state index >= 15 is 0 Å². The molecule has 6 nitrogen and oxygen atoms in total. The molecule has 1 aromatic rings. The molecular formula is C18H26N2O4. The number of methoxy groups -OCH3 is 2. The fraction of sp³-hybridized carbons (Fsp3) is 0.556. The zero-order valence-corrected chi connectivity index (χ0v) is 14.9. The van der Waals surface area contributed by atoms with Crippen molar-refractivity contribution < 1.29 is 19.1 Å². The molecule has 0 radical (unpaired) electrons. The first kappa shape index (κ1) is 18.1. The highest BCUT2D eigenvalue weighted by Gasteiger charge is 2.25. The van der Waals surface area contributed by atoms with E-state index in [0.29, 0.717) is 37.7 Å². The lowest BCUT2D eigenvalue weighted by atomic mass is 10.1. The SMILES string of the molecule is COc1ccc(OC)c(CC(=O)N2CCN(C(=O)C(C)C)CC2)c1. The van der Waals surface area contributed by atoms with Crippen molar-refractivity contribution in [1.29, 1.82) is 0 Å². The lowest BCUT2D eigenvalue weighted by molar-refractivity contribution is -0.141. The van der Waals surface area contributed by atoms with Crippen molar-refractivity contribution in [3.8, 4) is 11.5 Å². The molecule has 132 valence electrons. The van der Waals surface area contributed by atoms with Gasteiger partial charge in [-0.25, -0.2) is 0 Å². The van der Waals surface area contributed by atoms with Gasteiger partial charge in [0.15, 0.2) is 0 Å². The van der Waals surface area contributed by atoms with Crippen LogP contribution >= 0.6 is 0 Å². The third-order valence-electron chi connectivity index (χ3n) is 4.27. The molecule has 2 amide bonds. The number of hydrogen-bond donors (Lipinski definition) is 0. The molecule has 2 rings (SSSR count). The molecule has 0 bridgehead atoms. The van der Waals surface area contributed by atoms with E-state index in [1.54, 1.807) is 20.3 Å². The zero-order chi connectivity index (χ0) is 17.7. The molecule has 6 heteroatoms. The number of amides is 2. The average molecular weight is 334 g/mol. The molecule has 0 unspecified atom stereocenters. The smallest absolute Gasteiger partial charge is 0.227 e. The third kappa shape index (κ3) is 4.19. The first-order chi connectivity index (χ1) is 11.5. The summed E-state index contributed by atoms with van der Waals surface area (Å²) >= 11 is 0. The number of nitrogens with zero attached hydrogens (tertiary/aromatic N) is 2. The summed E-state index contributed by atoms with van der Waals surface area (Å²) < 4.78 is 10.5. The Morgan fingerprint density at radius 3 is 2.21 bits per heavy atom. The normalized spacial score (nSPS) is 14.7. The minimum atomic E-state index is -0.00621. The summed E-state index contributed by atoms with van der Waals surface area (Å²) in [6.07, 6.45) is 0.262. The topological polar surface area (TPSA) is 59.1 Å². The van der Waals surface area contributed by atoms with Gasteiger partial charge in [-0.3, -0.25) is 9.59 Å². The van der Waals surface area contributed by atoms with Crippen LogP contribution in [0.25, 0.3) is 0 Å². The Morgan fingerprint density at radius 1 is 1.04 bits per heavy atom. The van der Waals surface area contributed by atoms with E-state index in [2.05, 4.69) is 0 Å². The Hall–Kier alpha value is -2.24. The van der Waals surface area contributed by atoms with Crippen molar-refractivity contribution in [2.24, 2.45) is 5.92 Å². The van der Waals surface area contributed by atoms with Crippen LogP contribution in [0.15, 0.2) is 18.2 Å². The van der Waals surface area contributed by atoms with Gasteiger partial charge in [-0.05, 0) is 18.2 Å². The molecule has 1 heterocycles. The molecule has 1 aliphatic heterocycles. The van der Waals surface area contributed by atoms with Crippen LogP contribution in [0, 0.1) is 5.92 Å². The van der Waals surface area contributed by atoms with Crippen molar-refractivity contribution >= 4 is 11.8 Å². The second-order valence-corrected chi connectivity index (χ2v) is 6.22. The molecule has 0 aromatic heterocycles. The molecule has 0 atom stereocenters. The van der Waals surface area contributed by atoms with Gasteiger partial charge >= 0.3 is 0 Å². The predicted octanol–water partition coefficient (Wildman–Crippen LogP) is 1.57. The Labute approximate surface area is 143 Å². The van der Waals surface area contributed by atoms with Gasteiger partial charge in [0.2, 0.25) is 11.8 Å². The van der Waals surface area contributed by atoms with Crippen LogP contribution in [0.3, 0.4) is 0 Å². The number of ether oxygens (including phenoxy) is 2. The van der Waals surface area contributed by atoms with Crippen LogP contribution < -0.4 is 9.47 Å². The minimum absolute atomic E-state index is 0.00621. The monoisotopic (exact) mass is 334 g/mol. The average Bonchev–Trinajstić information content (AvgIpc) is 2.60. The molecule has 24 heavy (non-hydrogen) atoms. The van der Waals surface area contributed by atoms with Gasteiger partial charge in [0.1, 0.15) is 11.5 Å². The minimum Gasteiger partial charge on any atom is -0.497 e. The number of carbonyl (C=O) groups excluding carboxylic acids is 2. The number of carbonyl (C=O) groups is 2. The van der Waals surface area contributed by atoms with Crippen molar-refractivity contribution in [2.45, 2.75) is 20.3 Å². The fourth-order valence-electron chi connectivity index (χ4n) is 2.84. The van der Waals surface area contributed by atoms with Gasteiger partial charge in [0, 0.05) is 37.7 Å². The van der Waals surface area contributed by atoms with E-state index < -0.39 is 0 Å². The number of benzene rings is 1. The summed E-state index contributed by atoms with van der Waals surface area (Å²) in [5, 5.41) is 0. The summed E-state index contributed by atoms with van der Waals surface area (Å²) in [5.74, 6) is 1.56. The van der Waals surface area contributed by atoms with Crippen LogP contribution in [-0.2, 0) is 16.0 Å². The molecule has 1 aliphatic rings. The van der Waals surface area contributed by atoms with E-state index in [1.165, 1.54) is 0 Å². The Balaban J connectivity index is 1.98. The van der Waals surface area contributed by atoms with Crippen molar-refractivity contribution in [2.75, 3.05) is 40.4 Å². The van der Waals surface area contributed by atoms with Gasteiger partial charge in [-0.15, -0.1) is 0 Å². The maximum absolute atomic E-state index is 12.6. The van der Waals surface area contributed by atoms with Crippen LogP contribution in [0.1, 0.15) is 19.4 Å². The van der Waals surface area contributed by atoms with Crippen molar-refractivity contribution in [3.63, 3.8) is 0 Å². The molecule has 0 aliphatic carbocycles. The van der Waals surface area contributed by atoms with Crippen LogP contribution in [0.5, 0.6) is 11.5 Å². The lowest BCUT2D eigenvalue weighted by Crippen LogP contribution is -2.51.